The molecule has 5 amide bonds. The van der Waals surface area contributed by atoms with Gasteiger partial charge in [0.05, 0.1) is 12.4 Å². The average Bonchev–Trinajstić information content (AvgIpc) is 3.45. The van der Waals surface area contributed by atoms with Gasteiger partial charge >= 0.3 is 30.0 Å². The molecule has 1 fully saturated rings. The van der Waals surface area contributed by atoms with Crippen molar-refractivity contribution in [2.75, 3.05) is 38.2 Å². The number of carboxylic acids is 3. The van der Waals surface area contributed by atoms with E-state index in [2.05, 4.69) is 26.3 Å². The van der Waals surface area contributed by atoms with Crippen LogP contribution in [0.5, 0.6) is 0 Å². The molecule has 0 aliphatic carbocycles. The number of aliphatic carboxylic acids is 3. The van der Waals surface area contributed by atoms with E-state index >= 15 is 0 Å². The van der Waals surface area contributed by atoms with Crippen molar-refractivity contribution in [1.82, 2.24) is 35.4 Å². The van der Waals surface area contributed by atoms with Gasteiger partial charge in [-0.2, -0.15) is 0 Å². The van der Waals surface area contributed by atoms with Crippen LogP contribution >= 0.6 is 0 Å². The first-order chi connectivity index (χ1) is 21.4. The van der Waals surface area contributed by atoms with Crippen LogP contribution in [0.15, 0.2) is 30.5 Å². The molecule has 1 aliphatic rings. The van der Waals surface area contributed by atoms with Crippen LogP contribution in [0.25, 0.3) is 0 Å². The topological polar surface area (TPSA) is 236 Å². The predicted octanol–water partition coefficient (Wildman–Crippen LogP) is 0.169. The molecule has 2 aromatic rings. The zero-order valence-corrected chi connectivity index (χ0v) is 24.2. The highest BCUT2D eigenvalue weighted by Gasteiger charge is 2.26. The molecule has 0 bridgehead atoms. The van der Waals surface area contributed by atoms with Crippen LogP contribution < -0.4 is 16.0 Å². The summed E-state index contributed by atoms with van der Waals surface area (Å²) in [6, 6.07) is 1.81. The van der Waals surface area contributed by atoms with Crippen LogP contribution in [0, 0.1) is 0 Å². The fourth-order valence-corrected chi connectivity index (χ4v) is 4.42. The molecule has 17 nitrogen and oxygen atoms in total. The van der Waals surface area contributed by atoms with Crippen molar-refractivity contribution in [2.45, 2.75) is 50.7 Å². The molecule has 1 aliphatic heterocycles. The third-order valence-electron chi connectivity index (χ3n) is 6.87. The maximum absolute atomic E-state index is 12.8. The van der Waals surface area contributed by atoms with E-state index in [4.69, 9.17) is 5.11 Å². The molecule has 244 valence electrons. The lowest BCUT2D eigenvalue weighted by Gasteiger charge is -2.34. The number of piperazine rings is 1. The fourth-order valence-electron chi connectivity index (χ4n) is 4.42. The van der Waals surface area contributed by atoms with Gasteiger partial charge in [0.25, 0.3) is 0 Å². The minimum absolute atomic E-state index is 0.0141. The number of rotatable bonds is 15. The highest BCUT2D eigenvalue weighted by atomic mass is 19.1. The molecule has 0 radical (unpaired) electrons. The molecule has 1 unspecified atom stereocenters. The van der Waals surface area contributed by atoms with Gasteiger partial charge in [0.1, 0.15) is 18.6 Å². The summed E-state index contributed by atoms with van der Waals surface area (Å²) in [6.45, 7) is 0.752. The maximum Gasteiger partial charge on any atom is 0.326 e. The van der Waals surface area contributed by atoms with E-state index in [1.165, 1.54) is 4.68 Å². The Kier molecular flexibility index (Phi) is 12.6. The molecule has 2 heterocycles. The maximum atomic E-state index is 12.8. The van der Waals surface area contributed by atoms with Crippen LogP contribution in [0.2, 0.25) is 0 Å². The molecule has 6 N–H and O–H groups in total. The molecule has 0 spiro atoms. The Morgan fingerprint density at radius 1 is 0.889 bits per heavy atom. The first-order valence-electron chi connectivity index (χ1n) is 14.1. The van der Waals surface area contributed by atoms with Crippen molar-refractivity contribution in [1.29, 1.82) is 0 Å². The highest BCUT2D eigenvalue weighted by Crippen LogP contribution is 2.14. The first kappa shape index (κ1) is 34.2. The lowest BCUT2D eigenvalue weighted by atomic mass is 10.1. The van der Waals surface area contributed by atoms with Gasteiger partial charge in [-0.25, -0.2) is 23.9 Å². The van der Waals surface area contributed by atoms with E-state index in [1.807, 2.05) is 0 Å². The van der Waals surface area contributed by atoms with Gasteiger partial charge in [-0.05, 0) is 37.0 Å². The van der Waals surface area contributed by atoms with Gasteiger partial charge in [0.15, 0.2) is 0 Å². The standard InChI is InChI=1S/C27H35FN8O9/c28-9-1-2-19-15-36(33-32-19)16-22(37)34-10-12-35(13-11-34)27(45)29-18-5-3-17(4-6-18)14-21(25(42)43)31-26(44)30-20(24(40)41)7-8-23(38)39/h3-6,15,20-21H,1-2,7-14,16H2,(H,29,45)(H,38,39)(H,40,41)(H,42,43)(H2,30,31,44)/t20-,21?/m0/s1. The number of hydrogen-bond acceptors (Lipinski definition) is 8. The summed E-state index contributed by atoms with van der Waals surface area (Å²) in [7, 11) is 0. The number of hydrogen-bond donors (Lipinski definition) is 6. The Morgan fingerprint density at radius 2 is 1.51 bits per heavy atom. The molecular weight excluding hydrogens is 599 g/mol. The van der Waals surface area contributed by atoms with Gasteiger partial charge in [-0.15, -0.1) is 5.10 Å². The second-order valence-corrected chi connectivity index (χ2v) is 10.2. The minimum Gasteiger partial charge on any atom is -0.481 e. The summed E-state index contributed by atoms with van der Waals surface area (Å²) >= 11 is 0. The third kappa shape index (κ3) is 11.0. The van der Waals surface area contributed by atoms with Crippen LogP contribution in [-0.2, 0) is 38.6 Å². The van der Waals surface area contributed by atoms with Gasteiger partial charge in [-0.1, -0.05) is 17.3 Å². The number of aryl methyl sites for hydroxylation is 1. The van der Waals surface area contributed by atoms with E-state index in [-0.39, 0.29) is 31.3 Å². The van der Waals surface area contributed by atoms with Crippen molar-refractivity contribution in [3.8, 4) is 0 Å². The molecular formula is C27H35FN8O9. The van der Waals surface area contributed by atoms with Crippen molar-refractivity contribution in [3.05, 3.63) is 41.7 Å². The number of nitrogens with zero attached hydrogens (tertiary/aromatic N) is 5. The zero-order valence-electron chi connectivity index (χ0n) is 24.2. The fraction of sp³-hybridized carbons (Fsp3) is 0.481. The number of carbonyl (C=O) groups excluding carboxylic acids is 3. The second kappa shape index (κ2) is 16.5. The van der Waals surface area contributed by atoms with Gasteiger partial charge in [-0.3, -0.25) is 14.0 Å². The van der Waals surface area contributed by atoms with Gasteiger partial charge in [0, 0.05) is 50.9 Å². The van der Waals surface area contributed by atoms with E-state index in [9.17, 15) is 43.4 Å². The second-order valence-electron chi connectivity index (χ2n) is 10.2. The Morgan fingerprint density at radius 3 is 2.11 bits per heavy atom. The summed E-state index contributed by atoms with van der Waals surface area (Å²) in [5.41, 5.74) is 1.53. The predicted molar refractivity (Wildman–Crippen MR) is 153 cm³/mol. The quantitative estimate of drug-likeness (QED) is 0.154. The summed E-state index contributed by atoms with van der Waals surface area (Å²) < 4.78 is 13.7. The Labute approximate surface area is 256 Å². The molecule has 45 heavy (non-hydrogen) atoms. The molecule has 3 rings (SSSR count). The monoisotopic (exact) mass is 634 g/mol. The Bertz CT molecular complexity index is 1360. The average molecular weight is 635 g/mol. The van der Waals surface area contributed by atoms with E-state index < -0.39 is 49.1 Å². The molecule has 1 aromatic carbocycles. The zero-order chi connectivity index (χ0) is 32.9. The smallest absolute Gasteiger partial charge is 0.326 e. The number of carboxylic acid groups (broad SMARTS) is 3. The molecule has 0 saturated carbocycles. The van der Waals surface area contributed by atoms with Gasteiger partial charge < -0.3 is 41.1 Å². The Balaban J connectivity index is 1.45. The number of benzene rings is 1. The van der Waals surface area contributed by atoms with Crippen LogP contribution in [0.3, 0.4) is 0 Å². The van der Waals surface area contributed by atoms with Crippen molar-refractivity contribution in [3.63, 3.8) is 0 Å². The number of urea groups is 2. The van der Waals surface area contributed by atoms with Crippen LogP contribution in [0.1, 0.15) is 30.5 Å². The van der Waals surface area contributed by atoms with E-state index in [1.54, 1.807) is 40.3 Å². The lowest BCUT2D eigenvalue weighted by Crippen LogP contribution is -2.52. The third-order valence-corrected chi connectivity index (χ3v) is 6.87. The summed E-state index contributed by atoms with van der Waals surface area (Å²) in [5.74, 6) is -4.27. The number of aromatic nitrogens is 3. The normalized spacial score (nSPS) is 14.2. The molecule has 1 aromatic heterocycles. The van der Waals surface area contributed by atoms with Crippen LogP contribution in [-0.4, -0.2) is 121 Å². The number of carbonyl (C=O) groups is 6. The lowest BCUT2D eigenvalue weighted by molar-refractivity contribution is -0.141. The van der Waals surface area contributed by atoms with Crippen molar-refractivity contribution in [2.24, 2.45) is 0 Å². The summed E-state index contributed by atoms with van der Waals surface area (Å²) in [4.78, 5) is 74.5. The van der Waals surface area contributed by atoms with Gasteiger partial charge in [0.2, 0.25) is 5.91 Å². The number of nitrogens with one attached hydrogen (secondary N) is 3. The number of alkyl halides is 1. The largest absolute Gasteiger partial charge is 0.481 e. The molecule has 2 atom stereocenters. The van der Waals surface area contributed by atoms with E-state index in [0.717, 1.165) is 0 Å². The number of halogens is 1. The highest BCUT2D eigenvalue weighted by molar-refractivity contribution is 5.90. The van der Waals surface area contributed by atoms with Crippen molar-refractivity contribution < 1.29 is 48.5 Å². The van der Waals surface area contributed by atoms with Crippen LogP contribution in [0.4, 0.5) is 19.7 Å². The number of amides is 5. The van der Waals surface area contributed by atoms with E-state index in [0.29, 0.717) is 56.0 Å². The molecule has 1 saturated heterocycles. The SMILES string of the molecule is O=C(O)CC[C@H](NC(=O)NC(Cc1ccc(NC(=O)N2CCN(C(=O)Cn3cc(CCCF)nn3)CC2)cc1)C(=O)O)C(=O)O. The summed E-state index contributed by atoms with van der Waals surface area (Å²) in [6.07, 6.45) is 1.34. The minimum atomic E-state index is -1.52. The first-order valence-corrected chi connectivity index (χ1v) is 14.1. The Hall–Kier alpha value is -5.29. The number of anilines is 1. The van der Waals surface area contributed by atoms with Crippen molar-refractivity contribution >= 4 is 41.6 Å². The summed E-state index contributed by atoms with van der Waals surface area (Å²) in [5, 5.41) is 42.3. The molecule has 18 heteroatoms.